The van der Waals surface area contributed by atoms with Gasteiger partial charge in [0, 0.05) is 31.7 Å². The monoisotopic (exact) mass is 315 g/mol. The number of nitrogens with zero attached hydrogens (tertiary/aromatic N) is 3. The van der Waals surface area contributed by atoms with E-state index in [4.69, 9.17) is 9.26 Å². The lowest BCUT2D eigenvalue weighted by atomic mass is 10.1. The zero-order valence-electron chi connectivity index (χ0n) is 13.7. The summed E-state index contributed by atoms with van der Waals surface area (Å²) in [6.07, 6.45) is 0. The second-order valence-electron chi connectivity index (χ2n) is 5.89. The number of methoxy groups -OCH3 is 1. The van der Waals surface area contributed by atoms with Gasteiger partial charge in [0.15, 0.2) is 11.5 Å². The lowest BCUT2D eigenvalue weighted by molar-refractivity contribution is 0.0523. The van der Waals surface area contributed by atoms with Crippen LogP contribution < -0.4 is 4.74 Å². The summed E-state index contributed by atoms with van der Waals surface area (Å²) in [5, 5.41) is 3.96. The fourth-order valence-corrected chi connectivity index (χ4v) is 2.94. The van der Waals surface area contributed by atoms with Crippen LogP contribution in [0.4, 0.5) is 0 Å². The largest absolute Gasteiger partial charge is 0.496 e. The van der Waals surface area contributed by atoms with E-state index in [1.807, 2.05) is 29.2 Å². The van der Waals surface area contributed by atoms with Gasteiger partial charge < -0.3 is 19.1 Å². The van der Waals surface area contributed by atoms with Gasteiger partial charge in [0.2, 0.25) is 0 Å². The average molecular weight is 315 g/mol. The number of amides is 1. The number of hydrogen-bond donors (Lipinski definition) is 0. The Morgan fingerprint density at radius 2 is 2.13 bits per heavy atom. The van der Waals surface area contributed by atoms with Crippen molar-refractivity contribution in [3.63, 3.8) is 0 Å². The van der Waals surface area contributed by atoms with Crippen molar-refractivity contribution >= 4 is 5.91 Å². The van der Waals surface area contributed by atoms with Crippen LogP contribution in [0.3, 0.4) is 0 Å². The van der Waals surface area contributed by atoms with Gasteiger partial charge in [0.1, 0.15) is 5.75 Å². The summed E-state index contributed by atoms with van der Waals surface area (Å²) >= 11 is 0. The van der Waals surface area contributed by atoms with E-state index >= 15 is 0 Å². The van der Waals surface area contributed by atoms with Gasteiger partial charge in [0.05, 0.1) is 12.7 Å². The number of hydrogen-bond acceptors (Lipinski definition) is 5. The van der Waals surface area contributed by atoms with E-state index in [0.717, 1.165) is 18.7 Å². The summed E-state index contributed by atoms with van der Waals surface area (Å²) in [4.78, 5) is 16.7. The minimum absolute atomic E-state index is 0.0875. The minimum atomic E-state index is -0.0875. The van der Waals surface area contributed by atoms with E-state index in [-0.39, 0.29) is 11.9 Å². The predicted molar refractivity (Wildman–Crippen MR) is 86.5 cm³/mol. The van der Waals surface area contributed by atoms with Crippen molar-refractivity contribution in [2.24, 2.45) is 0 Å². The van der Waals surface area contributed by atoms with Gasteiger partial charge in [-0.1, -0.05) is 17.3 Å². The molecular weight excluding hydrogens is 294 g/mol. The Kier molecular flexibility index (Phi) is 4.34. The Hall–Kier alpha value is -2.34. The van der Waals surface area contributed by atoms with Crippen molar-refractivity contribution in [3.05, 3.63) is 36.0 Å². The molecule has 1 fully saturated rings. The molecular formula is C17H21N3O3. The van der Waals surface area contributed by atoms with E-state index in [2.05, 4.69) is 24.0 Å². The second-order valence-corrected chi connectivity index (χ2v) is 5.89. The van der Waals surface area contributed by atoms with E-state index in [0.29, 0.717) is 23.7 Å². The third kappa shape index (κ3) is 3.07. The maximum atomic E-state index is 12.7. The normalized spacial score (nSPS) is 18.9. The first-order valence-corrected chi connectivity index (χ1v) is 7.69. The smallest absolute Gasteiger partial charge is 0.276 e. The molecule has 122 valence electrons. The van der Waals surface area contributed by atoms with Crippen molar-refractivity contribution in [2.75, 3.05) is 33.8 Å². The fourth-order valence-electron chi connectivity index (χ4n) is 2.94. The number of aromatic nitrogens is 1. The molecule has 23 heavy (non-hydrogen) atoms. The number of carbonyl (C=O) groups is 1. The highest BCUT2D eigenvalue weighted by molar-refractivity contribution is 5.93. The number of carbonyl (C=O) groups excluding carboxylic acids is 1. The lowest BCUT2D eigenvalue weighted by Gasteiger charge is -2.37. The Labute approximate surface area is 135 Å². The number of piperazine rings is 1. The summed E-state index contributed by atoms with van der Waals surface area (Å²) in [6, 6.07) is 9.35. The molecule has 1 aromatic heterocycles. The molecule has 0 aliphatic carbocycles. The van der Waals surface area contributed by atoms with Crippen LogP contribution >= 0.6 is 0 Å². The quantitative estimate of drug-likeness (QED) is 0.868. The maximum Gasteiger partial charge on any atom is 0.276 e. The molecule has 1 unspecified atom stereocenters. The second kappa shape index (κ2) is 6.42. The molecule has 1 aliphatic rings. The molecule has 6 heteroatoms. The van der Waals surface area contributed by atoms with Crippen LogP contribution in [0, 0.1) is 0 Å². The molecule has 0 N–H and O–H groups in total. The molecule has 2 heterocycles. The molecule has 3 rings (SSSR count). The van der Waals surface area contributed by atoms with Crippen molar-refractivity contribution < 1.29 is 14.1 Å². The molecule has 0 bridgehead atoms. The molecule has 0 radical (unpaired) electrons. The van der Waals surface area contributed by atoms with Crippen LogP contribution in [0.15, 0.2) is 34.9 Å². The van der Waals surface area contributed by atoms with Gasteiger partial charge in [-0.25, -0.2) is 0 Å². The first-order chi connectivity index (χ1) is 11.1. The number of rotatable bonds is 3. The molecule has 6 nitrogen and oxygen atoms in total. The molecule has 0 saturated carbocycles. The summed E-state index contributed by atoms with van der Waals surface area (Å²) in [6.45, 7) is 4.48. The Morgan fingerprint density at radius 3 is 2.87 bits per heavy atom. The van der Waals surface area contributed by atoms with Crippen LogP contribution in [0.5, 0.6) is 5.75 Å². The molecule has 1 atom stereocenters. The SMILES string of the molecule is COc1ccccc1-c1cc(C(=O)N2CCN(C)CC2C)no1. The van der Waals surface area contributed by atoms with E-state index in [9.17, 15) is 4.79 Å². The van der Waals surface area contributed by atoms with Gasteiger partial charge >= 0.3 is 0 Å². The van der Waals surface area contributed by atoms with Crippen LogP contribution in [-0.4, -0.2) is 60.7 Å². The molecule has 1 amide bonds. The molecule has 1 saturated heterocycles. The standard InChI is InChI=1S/C17H21N3O3/c1-12-11-19(2)8-9-20(12)17(21)14-10-16(23-18-14)13-6-4-5-7-15(13)22-3/h4-7,10,12H,8-9,11H2,1-3H3. The lowest BCUT2D eigenvalue weighted by Crippen LogP contribution is -2.52. The molecule has 1 aliphatic heterocycles. The third-order valence-electron chi connectivity index (χ3n) is 4.19. The number of benzene rings is 1. The Bertz CT molecular complexity index is 698. The van der Waals surface area contributed by atoms with Crippen molar-refractivity contribution in [1.29, 1.82) is 0 Å². The molecule has 0 spiro atoms. The maximum absolute atomic E-state index is 12.7. The summed E-state index contributed by atoms with van der Waals surface area (Å²) in [5.74, 6) is 1.14. The highest BCUT2D eigenvalue weighted by Gasteiger charge is 2.28. The molecule has 2 aromatic rings. The first-order valence-electron chi connectivity index (χ1n) is 7.69. The summed E-state index contributed by atoms with van der Waals surface area (Å²) in [5.41, 5.74) is 1.12. The zero-order chi connectivity index (χ0) is 16.4. The Balaban J connectivity index is 1.83. The van der Waals surface area contributed by atoms with Gasteiger partial charge in [-0.05, 0) is 26.1 Å². The fraction of sp³-hybridized carbons (Fsp3) is 0.412. The van der Waals surface area contributed by atoms with Crippen molar-refractivity contribution in [1.82, 2.24) is 15.0 Å². The number of ether oxygens (including phenoxy) is 1. The van der Waals surface area contributed by atoms with Gasteiger partial charge in [-0.15, -0.1) is 0 Å². The summed E-state index contributed by atoms with van der Waals surface area (Å²) < 4.78 is 10.7. The first kappa shape index (κ1) is 15.6. The van der Waals surface area contributed by atoms with Crippen molar-refractivity contribution in [3.8, 4) is 17.1 Å². The van der Waals surface area contributed by atoms with Crippen LogP contribution in [-0.2, 0) is 0 Å². The summed E-state index contributed by atoms with van der Waals surface area (Å²) in [7, 11) is 3.67. The van der Waals surface area contributed by atoms with Crippen molar-refractivity contribution in [2.45, 2.75) is 13.0 Å². The van der Waals surface area contributed by atoms with Gasteiger partial charge in [-0.3, -0.25) is 4.79 Å². The minimum Gasteiger partial charge on any atom is -0.496 e. The predicted octanol–water partition coefficient (Wildman–Crippen LogP) is 2.13. The Morgan fingerprint density at radius 1 is 1.35 bits per heavy atom. The molecule has 1 aromatic carbocycles. The van der Waals surface area contributed by atoms with Gasteiger partial charge in [0.25, 0.3) is 5.91 Å². The highest BCUT2D eigenvalue weighted by Crippen LogP contribution is 2.30. The third-order valence-corrected chi connectivity index (χ3v) is 4.19. The van der Waals surface area contributed by atoms with E-state index in [1.165, 1.54) is 0 Å². The van der Waals surface area contributed by atoms with Gasteiger partial charge in [-0.2, -0.15) is 0 Å². The van der Waals surface area contributed by atoms with E-state index in [1.54, 1.807) is 13.2 Å². The number of likely N-dealkylation sites (N-methyl/N-ethyl adjacent to an activating group) is 1. The van der Waals surface area contributed by atoms with Crippen LogP contribution in [0.2, 0.25) is 0 Å². The van der Waals surface area contributed by atoms with E-state index < -0.39 is 0 Å². The highest BCUT2D eigenvalue weighted by atomic mass is 16.5. The average Bonchev–Trinajstić information content (AvgIpc) is 3.04. The number of para-hydroxylation sites is 1. The van der Waals surface area contributed by atoms with Crippen LogP contribution in [0.1, 0.15) is 17.4 Å². The van der Waals surface area contributed by atoms with Crippen LogP contribution in [0.25, 0.3) is 11.3 Å². The topological polar surface area (TPSA) is 58.8 Å². The zero-order valence-corrected chi connectivity index (χ0v) is 13.7.